The van der Waals surface area contributed by atoms with Crippen molar-refractivity contribution >= 4 is 23.1 Å². The highest BCUT2D eigenvalue weighted by Crippen LogP contribution is 2.32. The fourth-order valence-corrected chi connectivity index (χ4v) is 3.78. The smallest absolute Gasteiger partial charge is 0.0904 e. The number of hydrogen-bond donors (Lipinski definition) is 0. The zero-order valence-corrected chi connectivity index (χ0v) is 13.8. The Bertz CT molecular complexity index is 558. The fraction of sp³-hybridized carbons (Fsp3) is 0.438. The molecule has 0 radical (unpaired) electrons. The number of benzene rings is 1. The van der Waals surface area contributed by atoms with E-state index in [0.717, 1.165) is 10.7 Å². The van der Waals surface area contributed by atoms with Crippen LogP contribution in [0.3, 0.4) is 0 Å². The lowest BCUT2D eigenvalue weighted by atomic mass is 10.0. The molecule has 0 bridgehead atoms. The van der Waals surface area contributed by atoms with Crippen molar-refractivity contribution in [3.05, 3.63) is 33.6 Å². The van der Waals surface area contributed by atoms with Gasteiger partial charge in [-0.25, -0.2) is 4.98 Å². The molecule has 1 aromatic heterocycles. The topological polar surface area (TPSA) is 12.9 Å². The summed E-state index contributed by atoms with van der Waals surface area (Å²) in [6, 6.07) is 6.81. The van der Waals surface area contributed by atoms with E-state index in [4.69, 9.17) is 0 Å². The maximum Gasteiger partial charge on any atom is 0.0904 e. The van der Waals surface area contributed by atoms with Gasteiger partial charge in [-0.1, -0.05) is 25.5 Å². The second-order valence-electron chi connectivity index (χ2n) is 4.77. The van der Waals surface area contributed by atoms with Crippen LogP contribution in [-0.4, -0.2) is 11.2 Å². The Balaban J connectivity index is 2.36. The van der Waals surface area contributed by atoms with Crippen LogP contribution in [0.1, 0.15) is 35.2 Å². The number of hydrogen-bond acceptors (Lipinski definition) is 3. The van der Waals surface area contributed by atoms with Crippen LogP contribution in [0.2, 0.25) is 0 Å². The highest BCUT2D eigenvalue weighted by molar-refractivity contribution is 7.98. The molecule has 0 fully saturated rings. The summed E-state index contributed by atoms with van der Waals surface area (Å²) in [6.45, 7) is 6.48. The van der Waals surface area contributed by atoms with Crippen molar-refractivity contribution in [3.63, 3.8) is 0 Å². The third-order valence-corrected chi connectivity index (χ3v) is 4.97. The van der Waals surface area contributed by atoms with Gasteiger partial charge in [-0.05, 0) is 44.6 Å². The second kappa shape index (κ2) is 6.58. The van der Waals surface area contributed by atoms with Gasteiger partial charge in [0.2, 0.25) is 0 Å². The maximum atomic E-state index is 4.66. The number of rotatable bonds is 5. The number of aryl methyl sites for hydroxylation is 3. The lowest BCUT2D eigenvalue weighted by Gasteiger charge is -2.09. The molecule has 0 amide bonds. The average molecular weight is 291 g/mol. The minimum atomic E-state index is 1.15. The van der Waals surface area contributed by atoms with Gasteiger partial charge in [-0.3, -0.25) is 0 Å². The summed E-state index contributed by atoms with van der Waals surface area (Å²) >= 11 is 3.62. The molecule has 1 nitrogen and oxygen atoms in total. The normalized spacial score (nSPS) is 10.9. The summed E-state index contributed by atoms with van der Waals surface area (Å²) in [5, 5.41) is 1.15. The van der Waals surface area contributed by atoms with Crippen molar-refractivity contribution in [2.75, 3.05) is 6.26 Å². The van der Waals surface area contributed by atoms with Crippen molar-refractivity contribution in [2.45, 2.75) is 44.9 Å². The Labute approximate surface area is 124 Å². The van der Waals surface area contributed by atoms with Crippen molar-refractivity contribution in [1.29, 1.82) is 0 Å². The Kier molecular flexibility index (Phi) is 5.06. The summed E-state index contributed by atoms with van der Waals surface area (Å²) in [5.74, 6) is 0. The summed E-state index contributed by atoms with van der Waals surface area (Å²) < 4.78 is 0. The molecule has 1 heterocycles. The Morgan fingerprint density at radius 2 is 2.05 bits per heavy atom. The van der Waals surface area contributed by atoms with E-state index in [2.05, 4.69) is 50.2 Å². The van der Waals surface area contributed by atoms with Gasteiger partial charge in [0.25, 0.3) is 0 Å². The highest BCUT2D eigenvalue weighted by atomic mass is 32.2. The molecule has 0 aliphatic heterocycles. The van der Waals surface area contributed by atoms with Crippen molar-refractivity contribution < 1.29 is 0 Å². The first-order valence-electron chi connectivity index (χ1n) is 6.77. The first-order chi connectivity index (χ1) is 9.15. The predicted octanol–water partition coefficient (Wildman–Crippen LogP) is 5.49. The van der Waals surface area contributed by atoms with Gasteiger partial charge < -0.3 is 0 Å². The largest absolute Gasteiger partial charge is 0.241 e. The van der Waals surface area contributed by atoms with E-state index in [1.807, 2.05) is 11.8 Å². The molecular formula is C16H21NS2. The van der Waals surface area contributed by atoms with Crippen LogP contribution in [0.5, 0.6) is 0 Å². The Morgan fingerprint density at radius 3 is 2.63 bits per heavy atom. The van der Waals surface area contributed by atoms with Gasteiger partial charge in [-0.15, -0.1) is 23.1 Å². The van der Waals surface area contributed by atoms with Crippen molar-refractivity contribution in [1.82, 2.24) is 4.98 Å². The summed E-state index contributed by atoms with van der Waals surface area (Å²) in [6.07, 6.45) is 5.86. The molecular weight excluding hydrogens is 270 g/mol. The van der Waals surface area contributed by atoms with Crippen molar-refractivity contribution in [2.24, 2.45) is 0 Å². The third-order valence-electron chi connectivity index (χ3n) is 3.26. The molecule has 0 atom stereocenters. The molecule has 2 rings (SSSR count). The third kappa shape index (κ3) is 3.40. The predicted molar refractivity (Wildman–Crippen MR) is 87.4 cm³/mol. The van der Waals surface area contributed by atoms with E-state index in [-0.39, 0.29) is 0 Å². The monoisotopic (exact) mass is 291 g/mol. The maximum absolute atomic E-state index is 4.66. The summed E-state index contributed by atoms with van der Waals surface area (Å²) in [7, 11) is 0. The molecule has 0 aliphatic rings. The minimum absolute atomic E-state index is 1.15. The standard InChI is InChI=1S/C16H21NS2/c1-5-6-7-13-8-9-14(10-15(13)18-4)16-11(2)19-12(3)17-16/h8-10H,5-7H2,1-4H3. The molecule has 19 heavy (non-hydrogen) atoms. The SMILES string of the molecule is CCCCc1ccc(-c2nc(C)sc2C)cc1SC. The van der Waals surface area contributed by atoms with Crippen LogP contribution in [0.4, 0.5) is 0 Å². The summed E-state index contributed by atoms with van der Waals surface area (Å²) in [5.41, 5.74) is 3.88. The number of unbranched alkanes of at least 4 members (excludes halogenated alkanes) is 1. The van der Waals surface area contributed by atoms with E-state index in [0.29, 0.717) is 0 Å². The van der Waals surface area contributed by atoms with Crippen LogP contribution >= 0.6 is 23.1 Å². The molecule has 0 saturated carbocycles. The molecule has 0 aliphatic carbocycles. The fourth-order valence-electron chi connectivity index (χ4n) is 2.26. The second-order valence-corrected chi connectivity index (χ2v) is 7.02. The van der Waals surface area contributed by atoms with E-state index >= 15 is 0 Å². The highest BCUT2D eigenvalue weighted by Gasteiger charge is 2.10. The van der Waals surface area contributed by atoms with Gasteiger partial charge >= 0.3 is 0 Å². The molecule has 0 spiro atoms. The van der Waals surface area contributed by atoms with E-state index in [1.165, 1.54) is 40.2 Å². The number of nitrogens with zero attached hydrogens (tertiary/aromatic N) is 1. The lowest BCUT2D eigenvalue weighted by Crippen LogP contribution is -1.90. The Hall–Kier alpha value is -0.800. The zero-order valence-electron chi connectivity index (χ0n) is 12.1. The first-order valence-corrected chi connectivity index (χ1v) is 8.81. The van der Waals surface area contributed by atoms with E-state index in [9.17, 15) is 0 Å². The van der Waals surface area contributed by atoms with Gasteiger partial charge in [0.15, 0.2) is 0 Å². The molecule has 0 N–H and O–H groups in total. The number of thioether (sulfide) groups is 1. The van der Waals surface area contributed by atoms with Gasteiger partial charge in [-0.2, -0.15) is 0 Å². The van der Waals surface area contributed by atoms with Crippen LogP contribution in [0.25, 0.3) is 11.3 Å². The molecule has 102 valence electrons. The molecule has 1 aromatic carbocycles. The molecule has 0 saturated heterocycles. The molecule has 0 unspecified atom stereocenters. The lowest BCUT2D eigenvalue weighted by molar-refractivity contribution is 0.785. The van der Waals surface area contributed by atoms with Crippen LogP contribution in [0, 0.1) is 13.8 Å². The van der Waals surface area contributed by atoms with Crippen molar-refractivity contribution in [3.8, 4) is 11.3 Å². The van der Waals surface area contributed by atoms with Crippen LogP contribution < -0.4 is 0 Å². The minimum Gasteiger partial charge on any atom is -0.241 e. The van der Waals surface area contributed by atoms with Gasteiger partial charge in [0, 0.05) is 15.3 Å². The quantitative estimate of drug-likeness (QED) is 0.675. The molecule has 2 aromatic rings. The number of thiazole rings is 1. The zero-order chi connectivity index (χ0) is 13.8. The summed E-state index contributed by atoms with van der Waals surface area (Å²) in [4.78, 5) is 7.37. The van der Waals surface area contributed by atoms with Gasteiger partial charge in [0.1, 0.15) is 0 Å². The number of aromatic nitrogens is 1. The average Bonchev–Trinajstić information content (AvgIpc) is 2.75. The molecule has 3 heteroatoms. The Morgan fingerprint density at radius 1 is 1.26 bits per heavy atom. The van der Waals surface area contributed by atoms with E-state index < -0.39 is 0 Å². The van der Waals surface area contributed by atoms with Crippen LogP contribution in [-0.2, 0) is 6.42 Å². The van der Waals surface area contributed by atoms with Gasteiger partial charge in [0.05, 0.1) is 10.7 Å². The van der Waals surface area contributed by atoms with Crippen LogP contribution in [0.15, 0.2) is 23.1 Å². The van der Waals surface area contributed by atoms with E-state index in [1.54, 1.807) is 11.3 Å². The first kappa shape index (κ1) is 14.6.